The first-order valence-electron chi connectivity index (χ1n) is 7.50. The smallest absolute Gasteiger partial charge is 0.335 e. The zero-order chi connectivity index (χ0) is 17.3. The van der Waals surface area contributed by atoms with Crippen LogP contribution in [0.2, 0.25) is 0 Å². The second kappa shape index (κ2) is 6.45. The van der Waals surface area contributed by atoms with Crippen molar-refractivity contribution < 1.29 is 19.5 Å². The van der Waals surface area contributed by atoms with Crippen LogP contribution in [0.1, 0.15) is 38.4 Å². The maximum atomic E-state index is 12.5. The van der Waals surface area contributed by atoms with E-state index < -0.39 is 5.97 Å². The number of carbonyl (C=O) groups is 3. The van der Waals surface area contributed by atoms with Crippen molar-refractivity contribution >= 4 is 39.8 Å². The molecule has 1 saturated carbocycles. The molecular weight excluding hydrogens is 328 g/mol. The van der Waals surface area contributed by atoms with E-state index in [4.69, 9.17) is 5.11 Å². The lowest BCUT2D eigenvalue weighted by atomic mass is 10.2. The van der Waals surface area contributed by atoms with Gasteiger partial charge in [0.05, 0.1) is 11.1 Å². The number of amides is 2. The Hall–Kier alpha value is -2.67. The number of hydrogen-bond acceptors (Lipinski definition) is 4. The number of aromatic carboxylic acids is 1. The number of benzene rings is 1. The predicted molar refractivity (Wildman–Crippen MR) is 91.8 cm³/mol. The molecule has 0 aliphatic heterocycles. The van der Waals surface area contributed by atoms with Gasteiger partial charge in [-0.1, -0.05) is 6.07 Å². The average molecular weight is 344 g/mol. The Morgan fingerprint density at radius 2 is 1.92 bits per heavy atom. The molecule has 0 radical (unpaired) electrons. The summed E-state index contributed by atoms with van der Waals surface area (Å²) in [6, 6.07) is 7.74. The van der Waals surface area contributed by atoms with Gasteiger partial charge in [0, 0.05) is 16.5 Å². The normalized spacial score (nSPS) is 13.4. The Labute approximate surface area is 142 Å². The topological polar surface area (TPSA) is 95.5 Å². The molecule has 1 aliphatic carbocycles. The van der Waals surface area contributed by atoms with E-state index in [1.165, 1.54) is 23.5 Å². The molecular formula is C17H16N2O4S. The van der Waals surface area contributed by atoms with E-state index in [9.17, 15) is 14.4 Å². The lowest BCUT2D eigenvalue weighted by Crippen LogP contribution is -2.17. The third-order valence-electron chi connectivity index (χ3n) is 3.65. The number of rotatable bonds is 5. The van der Waals surface area contributed by atoms with Gasteiger partial charge in [-0.2, -0.15) is 0 Å². The Kier molecular flexibility index (Phi) is 4.35. The van der Waals surface area contributed by atoms with Gasteiger partial charge in [0.1, 0.15) is 5.00 Å². The first kappa shape index (κ1) is 16.2. The molecule has 1 heterocycles. The van der Waals surface area contributed by atoms with Crippen LogP contribution in [0.25, 0.3) is 0 Å². The quantitative estimate of drug-likeness (QED) is 0.775. The molecule has 0 spiro atoms. The van der Waals surface area contributed by atoms with Crippen molar-refractivity contribution in [2.24, 2.45) is 5.92 Å². The molecule has 0 saturated heterocycles. The highest BCUT2D eigenvalue weighted by Gasteiger charge is 2.30. The van der Waals surface area contributed by atoms with E-state index in [0.717, 1.165) is 17.7 Å². The highest BCUT2D eigenvalue weighted by molar-refractivity contribution is 7.16. The molecule has 3 rings (SSSR count). The molecule has 0 bridgehead atoms. The number of carboxylic acids is 1. The van der Waals surface area contributed by atoms with E-state index in [1.54, 1.807) is 18.2 Å². The minimum Gasteiger partial charge on any atom is -0.478 e. The monoisotopic (exact) mass is 344 g/mol. The van der Waals surface area contributed by atoms with Crippen LogP contribution < -0.4 is 10.6 Å². The maximum absolute atomic E-state index is 12.5. The van der Waals surface area contributed by atoms with Gasteiger partial charge in [-0.15, -0.1) is 11.3 Å². The summed E-state index contributed by atoms with van der Waals surface area (Å²) in [6.45, 7) is 1.86. The molecule has 3 N–H and O–H groups in total. The summed E-state index contributed by atoms with van der Waals surface area (Å²) >= 11 is 1.35. The number of carbonyl (C=O) groups excluding carboxylic acids is 2. The molecule has 124 valence electrons. The van der Waals surface area contributed by atoms with Crippen molar-refractivity contribution in [3.63, 3.8) is 0 Å². The molecule has 2 aromatic rings. The van der Waals surface area contributed by atoms with Crippen molar-refractivity contribution in [2.75, 3.05) is 10.6 Å². The highest BCUT2D eigenvalue weighted by atomic mass is 32.1. The summed E-state index contributed by atoms with van der Waals surface area (Å²) in [4.78, 5) is 36.3. The number of nitrogens with one attached hydrogen (secondary N) is 2. The standard InChI is InChI=1S/C17H16N2O4S/c1-9-7-13(16(24-9)19-14(20)10-5-6-10)15(21)18-12-4-2-3-11(8-12)17(22)23/h2-4,7-8,10H,5-6H2,1H3,(H,18,21)(H,19,20)(H,22,23). The van der Waals surface area contributed by atoms with E-state index >= 15 is 0 Å². The number of anilines is 2. The zero-order valence-corrected chi connectivity index (χ0v) is 13.8. The summed E-state index contributed by atoms with van der Waals surface area (Å²) in [7, 11) is 0. The molecule has 0 unspecified atom stereocenters. The van der Waals surface area contributed by atoms with Crippen LogP contribution in [0.3, 0.4) is 0 Å². The van der Waals surface area contributed by atoms with Crippen molar-refractivity contribution in [3.8, 4) is 0 Å². The van der Waals surface area contributed by atoms with Crippen LogP contribution in [0, 0.1) is 12.8 Å². The number of aryl methyl sites for hydroxylation is 1. The summed E-state index contributed by atoms with van der Waals surface area (Å²) in [5.74, 6) is -1.45. The van der Waals surface area contributed by atoms with Crippen molar-refractivity contribution in [3.05, 3.63) is 46.3 Å². The SMILES string of the molecule is Cc1cc(C(=O)Nc2cccc(C(=O)O)c2)c(NC(=O)C2CC2)s1. The van der Waals surface area contributed by atoms with Crippen LogP contribution in [0.15, 0.2) is 30.3 Å². The van der Waals surface area contributed by atoms with Gasteiger partial charge < -0.3 is 15.7 Å². The molecule has 24 heavy (non-hydrogen) atoms. The fraction of sp³-hybridized carbons (Fsp3) is 0.235. The van der Waals surface area contributed by atoms with Crippen LogP contribution in [-0.2, 0) is 4.79 Å². The molecule has 6 nitrogen and oxygen atoms in total. The average Bonchev–Trinajstić information content (AvgIpc) is 3.31. The highest BCUT2D eigenvalue weighted by Crippen LogP contribution is 2.33. The van der Waals surface area contributed by atoms with Crippen LogP contribution in [0.5, 0.6) is 0 Å². The lowest BCUT2D eigenvalue weighted by Gasteiger charge is -2.08. The largest absolute Gasteiger partial charge is 0.478 e. The summed E-state index contributed by atoms with van der Waals surface area (Å²) in [5, 5.41) is 15.0. The third kappa shape index (κ3) is 3.62. The maximum Gasteiger partial charge on any atom is 0.335 e. The van der Waals surface area contributed by atoms with Crippen LogP contribution in [0.4, 0.5) is 10.7 Å². The van der Waals surface area contributed by atoms with Gasteiger partial charge in [0.15, 0.2) is 0 Å². The second-order valence-electron chi connectivity index (χ2n) is 5.70. The van der Waals surface area contributed by atoms with E-state index in [1.807, 2.05) is 6.92 Å². The second-order valence-corrected chi connectivity index (χ2v) is 6.96. The summed E-state index contributed by atoms with van der Waals surface area (Å²) in [6.07, 6.45) is 1.78. The van der Waals surface area contributed by atoms with E-state index in [-0.39, 0.29) is 23.3 Å². The molecule has 1 fully saturated rings. The third-order valence-corrected chi connectivity index (χ3v) is 4.62. The lowest BCUT2D eigenvalue weighted by molar-refractivity contribution is -0.117. The molecule has 1 aliphatic rings. The van der Waals surface area contributed by atoms with Gasteiger partial charge in [0.25, 0.3) is 5.91 Å². The van der Waals surface area contributed by atoms with Gasteiger partial charge in [-0.3, -0.25) is 9.59 Å². The fourth-order valence-electron chi connectivity index (χ4n) is 2.26. The van der Waals surface area contributed by atoms with Crippen LogP contribution in [-0.4, -0.2) is 22.9 Å². The minimum absolute atomic E-state index is 0.0514. The number of thiophene rings is 1. The minimum atomic E-state index is -1.06. The molecule has 7 heteroatoms. The number of hydrogen-bond donors (Lipinski definition) is 3. The number of carboxylic acid groups (broad SMARTS) is 1. The molecule has 1 aromatic carbocycles. The Bertz CT molecular complexity index is 824. The van der Waals surface area contributed by atoms with Crippen molar-refractivity contribution in [1.29, 1.82) is 0 Å². The molecule has 1 aromatic heterocycles. The van der Waals surface area contributed by atoms with Crippen molar-refractivity contribution in [2.45, 2.75) is 19.8 Å². The van der Waals surface area contributed by atoms with Crippen molar-refractivity contribution in [1.82, 2.24) is 0 Å². The predicted octanol–water partition coefficient (Wildman–Crippen LogP) is 3.36. The fourth-order valence-corrected chi connectivity index (χ4v) is 3.18. The molecule has 2 amide bonds. The first-order valence-corrected chi connectivity index (χ1v) is 8.31. The van der Waals surface area contributed by atoms with E-state index in [0.29, 0.717) is 16.3 Å². The van der Waals surface area contributed by atoms with Crippen LogP contribution >= 0.6 is 11.3 Å². The van der Waals surface area contributed by atoms with Gasteiger partial charge >= 0.3 is 5.97 Å². The molecule has 0 atom stereocenters. The van der Waals surface area contributed by atoms with Gasteiger partial charge in [-0.25, -0.2) is 4.79 Å². The first-order chi connectivity index (χ1) is 11.4. The Morgan fingerprint density at radius 3 is 2.58 bits per heavy atom. The van der Waals surface area contributed by atoms with Gasteiger partial charge in [-0.05, 0) is 44.0 Å². The zero-order valence-electron chi connectivity index (χ0n) is 13.0. The summed E-state index contributed by atoms with van der Waals surface area (Å²) in [5.41, 5.74) is 0.868. The Morgan fingerprint density at radius 1 is 1.17 bits per heavy atom. The Balaban J connectivity index is 1.78. The van der Waals surface area contributed by atoms with Gasteiger partial charge in [0.2, 0.25) is 5.91 Å². The van der Waals surface area contributed by atoms with E-state index in [2.05, 4.69) is 10.6 Å². The summed E-state index contributed by atoms with van der Waals surface area (Å²) < 4.78 is 0.